The van der Waals surface area contributed by atoms with Crippen LogP contribution in [0.3, 0.4) is 0 Å². The molecular weight excluding hydrogens is 292 g/mol. The molecule has 1 rings (SSSR count). The maximum atomic E-state index is 12.1. The Hall–Kier alpha value is -1.62. The topological polar surface area (TPSA) is 72.2 Å². The van der Waals surface area contributed by atoms with Crippen molar-refractivity contribution in [3.8, 4) is 0 Å². The lowest BCUT2D eigenvalue weighted by atomic mass is 10.1. The summed E-state index contributed by atoms with van der Waals surface area (Å²) < 4.78 is 0. The van der Waals surface area contributed by atoms with Gasteiger partial charge in [0.05, 0.1) is 4.92 Å². The van der Waals surface area contributed by atoms with Crippen LogP contribution in [0.4, 0.5) is 5.69 Å². The number of carbonyl (C=O) groups excluding carboxylic acids is 1. The first-order valence-electron chi connectivity index (χ1n) is 7.21. The lowest BCUT2D eigenvalue weighted by Gasteiger charge is -2.14. The molecule has 0 fully saturated rings. The summed E-state index contributed by atoms with van der Waals surface area (Å²) in [4.78, 5) is 22.5. The Balaban J connectivity index is 2.68. The Morgan fingerprint density at radius 1 is 1.38 bits per heavy atom. The van der Waals surface area contributed by atoms with E-state index in [0.717, 1.165) is 25.7 Å². The molecule has 1 amide bonds. The van der Waals surface area contributed by atoms with Crippen LogP contribution in [0.2, 0.25) is 5.02 Å². The van der Waals surface area contributed by atoms with Crippen molar-refractivity contribution in [1.82, 2.24) is 5.32 Å². The average Bonchev–Trinajstić information content (AvgIpc) is 2.42. The van der Waals surface area contributed by atoms with Gasteiger partial charge in [-0.15, -0.1) is 0 Å². The van der Waals surface area contributed by atoms with Crippen LogP contribution in [0.1, 0.15) is 56.3 Å². The first kappa shape index (κ1) is 17.4. The number of unbranched alkanes of at least 4 members (excludes halogenated alkanes) is 3. The van der Waals surface area contributed by atoms with Crippen LogP contribution in [0.5, 0.6) is 0 Å². The quantitative estimate of drug-likeness (QED) is 0.441. The summed E-state index contributed by atoms with van der Waals surface area (Å²) in [6.07, 6.45) is 5.37. The molecule has 116 valence electrons. The van der Waals surface area contributed by atoms with Crippen LogP contribution < -0.4 is 5.32 Å². The van der Waals surface area contributed by atoms with Crippen molar-refractivity contribution in [2.45, 2.75) is 52.0 Å². The zero-order valence-electron chi connectivity index (χ0n) is 12.4. The Morgan fingerprint density at radius 2 is 2.10 bits per heavy atom. The summed E-state index contributed by atoms with van der Waals surface area (Å²) in [6, 6.07) is 4.34. The number of hydrogen-bond donors (Lipinski definition) is 1. The third-order valence-corrected chi connectivity index (χ3v) is 3.59. The highest BCUT2D eigenvalue weighted by Gasteiger charge is 2.24. The minimum Gasteiger partial charge on any atom is -0.349 e. The molecule has 0 spiro atoms. The molecule has 0 aliphatic heterocycles. The van der Waals surface area contributed by atoms with Crippen LogP contribution in [-0.2, 0) is 0 Å². The summed E-state index contributed by atoms with van der Waals surface area (Å²) in [6.45, 7) is 4.05. The van der Waals surface area contributed by atoms with Crippen LogP contribution in [0, 0.1) is 10.1 Å². The molecule has 0 bridgehead atoms. The van der Waals surface area contributed by atoms with E-state index < -0.39 is 10.8 Å². The van der Waals surface area contributed by atoms with E-state index in [4.69, 9.17) is 11.6 Å². The molecule has 5 nitrogen and oxygen atoms in total. The van der Waals surface area contributed by atoms with Crippen molar-refractivity contribution in [3.63, 3.8) is 0 Å². The van der Waals surface area contributed by atoms with Gasteiger partial charge in [0, 0.05) is 6.04 Å². The van der Waals surface area contributed by atoms with E-state index in [1.807, 2.05) is 6.92 Å². The Kier molecular flexibility index (Phi) is 7.15. The Labute approximate surface area is 129 Å². The first-order valence-corrected chi connectivity index (χ1v) is 7.59. The molecule has 0 aliphatic rings. The standard InChI is InChI=1S/C15H21ClN2O3/c1-3-4-5-6-8-11(2)17-15(19)12-9-7-10-13(16)14(12)18(20)21/h7,9-11H,3-6,8H2,1-2H3,(H,17,19). The number of hydrogen-bond acceptors (Lipinski definition) is 3. The van der Waals surface area contributed by atoms with Gasteiger partial charge < -0.3 is 5.32 Å². The molecule has 1 aromatic rings. The van der Waals surface area contributed by atoms with Crippen molar-refractivity contribution in [2.24, 2.45) is 0 Å². The first-order chi connectivity index (χ1) is 9.97. The van der Waals surface area contributed by atoms with E-state index in [9.17, 15) is 14.9 Å². The van der Waals surface area contributed by atoms with Crippen molar-refractivity contribution in [3.05, 3.63) is 38.9 Å². The minimum atomic E-state index is -0.622. The zero-order valence-corrected chi connectivity index (χ0v) is 13.2. The highest BCUT2D eigenvalue weighted by Crippen LogP contribution is 2.28. The predicted molar refractivity (Wildman–Crippen MR) is 83.8 cm³/mol. The fourth-order valence-corrected chi connectivity index (χ4v) is 2.38. The molecule has 1 atom stereocenters. The maximum Gasteiger partial charge on any atom is 0.300 e. The number of halogens is 1. The second kappa shape index (κ2) is 8.62. The van der Waals surface area contributed by atoms with Gasteiger partial charge in [-0.2, -0.15) is 0 Å². The SMILES string of the molecule is CCCCCCC(C)NC(=O)c1cccc(Cl)c1[N+](=O)[O-]. The van der Waals surface area contributed by atoms with Gasteiger partial charge >= 0.3 is 5.69 Å². The zero-order chi connectivity index (χ0) is 15.8. The number of nitrogens with zero attached hydrogens (tertiary/aromatic N) is 1. The van der Waals surface area contributed by atoms with Gasteiger partial charge in [-0.25, -0.2) is 0 Å². The molecule has 6 heteroatoms. The molecule has 0 aromatic heterocycles. The number of benzene rings is 1. The van der Waals surface area contributed by atoms with Crippen molar-refractivity contribution in [2.75, 3.05) is 0 Å². The number of nitrogens with one attached hydrogen (secondary N) is 1. The lowest BCUT2D eigenvalue weighted by molar-refractivity contribution is -0.385. The monoisotopic (exact) mass is 312 g/mol. The third kappa shape index (κ3) is 5.34. The average molecular weight is 313 g/mol. The second-order valence-corrected chi connectivity index (χ2v) is 5.52. The number of rotatable bonds is 8. The van der Waals surface area contributed by atoms with E-state index in [0.29, 0.717) is 0 Å². The molecule has 21 heavy (non-hydrogen) atoms. The summed E-state index contributed by atoms with van der Waals surface area (Å²) in [5.74, 6) is -0.452. The molecule has 0 radical (unpaired) electrons. The van der Waals surface area contributed by atoms with Gasteiger partial charge in [0.25, 0.3) is 5.91 Å². The third-order valence-electron chi connectivity index (χ3n) is 3.28. The minimum absolute atomic E-state index is 0.00732. The van der Waals surface area contributed by atoms with E-state index in [2.05, 4.69) is 12.2 Å². The lowest BCUT2D eigenvalue weighted by Crippen LogP contribution is -2.32. The molecule has 0 saturated heterocycles. The van der Waals surface area contributed by atoms with Crippen molar-refractivity contribution < 1.29 is 9.72 Å². The molecule has 1 N–H and O–H groups in total. The van der Waals surface area contributed by atoms with Gasteiger partial charge in [0.1, 0.15) is 10.6 Å². The predicted octanol–water partition coefficient (Wildman–Crippen LogP) is 4.34. The summed E-state index contributed by atoms with van der Waals surface area (Å²) in [5, 5.41) is 13.8. The van der Waals surface area contributed by atoms with Gasteiger partial charge in [0.2, 0.25) is 0 Å². The van der Waals surface area contributed by atoms with Crippen molar-refractivity contribution >= 4 is 23.2 Å². The van der Waals surface area contributed by atoms with E-state index in [-0.39, 0.29) is 22.3 Å². The molecule has 0 heterocycles. The maximum absolute atomic E-state index is 12.1. The fraction of sp³-hybridized carbons (Fsp3) is 0.533. The second-order valence-electron chi connectivity index (χ2n) is 5.12. The normalized spacial score (nSPS) is 12.0. The molecule has 1 aromatic carbocycles. The van der Waals surface area contributed by atoms with Gasteiger partial charge in [-0.1, -0.05) is 50.3 Å². The Bertz CT molecular complexity index is 506. The van der Waals surface area contributed by atoms with Crippen LogP contribution >= 0.6 is 11.6 Å². The van der Waals surface area contributed by atoms with E-state index in [1.54, 1.807) is 0 Å². The van der Waals surface area contributed by atoms with E-state index >= 15 is 0 Å². The largest absolute Gasteiger partial charge is 0.349 e. The molecular formula is C15H21ClN2O3. The molecule has 1 unspecified atom stereocenters. The molecule has 0 aliphatic carbocycles. The smallest absolute Gasteiger partial charge is 0.300 e. The van der Waals surface area contributed by atoms with Crippen LogP contribution in [0.15, 0.2) is 18.2 Å². The summed E-state index contributed by atoms with van der Waals surface area (Å²) >= 11 is 5.80. The number of carbonyl (C=O) groups is 1. The molecule has 0 saturated carbocycles. The Morgan fingerprint density at radius 3 is 2.71 bits per heavy atom. The summed E-state index contributed by atoms with van der Waals surface area (Å²) in [5.41, 5.74) is -0.331. The number of amides is 1. The van der Waals surface area contributed by atoms with E-state index in [1.165, 1.54) is 24.6 Å². The van der Waals surface area contributed by atoms with Gasteiger partial charge in [-0.3, -0.25) is 14.9 Å². The van der Waals surface area contributed by atoms with Gasteiger partial charge in [-0.05, 0) is 25.5 Å². The number of nitro groups is 1. The summed E-state index contributed by atoms with van der Waals surface area (Å²) in [7, 11) is 0. The van der Waals surface area contributed by atoms with Gasteiger partial charge in [0.15, 0.2) is 0 Å². The fourth-order valence-electron chi connectivity index (χ4n) is 2.14. The van der Waals surface area contributed by atoms with Crippen molar-refractivity contribution in [1.29, 1.82) is 0 Å². The highest BCUT2D eigenvalue weighted by atomic mass is 35.5. The van der Waals surface area contributed by atoms with Crippen LogP contribution in [-0.4, -0.2) is 16.9 Å². The number of para-hydroxylation sites is 1. The number of nitro benzene ring substituents is 1. The van der Waals surface area contributed by atoms with Crippen LogP contribution in [0.25, 0.3) is 0 Å². The highest BCUT2D eigenvalue weighted by molar-refractivity contribution is 6.33.